The van der Waals surface area contributed by atoms with Crippen molar-refractivity contribution in [3.05, 3.63) is 42.3 Å². The Labute approximate surface area is 90.3 Å². The number of aromatic nitrogens is 2. The van der Waals surface area contributed by atoms with Gasteiger partial charge in [-0.25, -0.2) is 4.39 Å². The monoisotopic (exact) mass is 221 g/mol. The molecule has 1 aromatic carbocycles. The van der Waals surface area contributed by atoms with Gasteiger partial charge in [0, 0.05) is 5.69 Å². The molecule has 0 bridgehead atoms. The van der Waals surface area contributed by atoms with E-state index in [0.717, 1.165) is 6.39 Å². The number of carbonyl (C=O) groups is 1. The minimum absolute atomic E-state index is 0.0217. The van der Waals surface area contributed by atoms with Crippen LogP contribution in [-0.2, 0) is 11.2 Å². The molecule has 5 nitrogen and oxygen atoms in total. The molecule has 16 heavy (non-hydrogen) atoms. The first kappa shape index (κ1) is 10.3. The van der Waals surface area contributed by atoms with Crippen LogP contribution < -0.4 is 5.32 Å². The van der Waals surface area contributed by atoms with Gasteiger partial charge in [0.25, 0.3) is 0 Å². The van der Waals surface area contributed by atoms with Crippen molar-refractivity contribution in [3.8, 4) is 0 Å². The van der Waals surface area contributed by atoms with Crippen LogP contribution in [-0.4, -0.2) is 16.0 Å². The van der Waals surface area contributed by atoms with Crippen LogP contribution in [0.15, 0.2) is 35.2 Å². The smallest absolute Gasteiger partial charge is 0.232 e. The van der Waals surface area contributed by atoms with E-state index in [1.807, 2.05) is 0 Å². The summed E-state index contributed by atoms with van der Waals surface area (Å²) in [5, 5.41) is 6.09. The summed E-state index contributed by atoms with van der Waals surface area (Å²) >= 11 is 0. The van der Waals surface area contributed by atoms with Gasteiger partial charge in [-0.05, 0) is 24.3 Å². The molecule has 2 aromatic rings. The first-order valence-corrected chi connectivity index (χ1v) is 4.55. The highest BCUT2D eigenvalue weighted by Crippen LogP contribution is 2.08. The molecule has 0 aliphatic heterocycles. The molecular formula is C10H8FN3O2. The number of hydrogen-bond acceptors (Lipinski definition) is 4. The molecule has 1 aromatic heterocycles. The third-order valence-electron chi connectivity index (χ3n) is 1.85. The fourth-order valence-electron chi connectivity index (χ4n) is 1.15. The summed E-state index contributed by atoms with van der Waals surface area (Å²) < 4.78 is 17.1. The lowest BCUT2D eigenvalue weighted by Gasteiger charge is -2.02. The van der Waals surface area contributed by atoms with E-state index in [1.54, 1.807) is 0 Å². The summed E-state index contributed by atoms with van der Waals surface area (Å²) in [6.45, 7) is 0. The molecule has 0 unspecified atom stereocenters. The Hall–Kier alpha value is -2.24. The van der Waals surface area contributed by atoms with E-state index < -0.39 is 0 Å². The average molecular weight is 221 g/mol. The van der Waals surface area contributed by atoms with Gasteiger partial charge in [-0.1, -0.05) is 5.16 Å². The summed E-state index contributed by atoms with van der Waals surface area (Å²) in [5.41, 5.74) is 0.523. The standard InChI is InChI=1S/C10H8FN3O2/c11-7-1-3-8(4-2-7)13-10(15)5-9-12-6-16-14-9/h1-4,6H,5H2,(H,13,15). The number of benzene rings is 1. The van der Waals surface area contributed by atoms with Crippen LogP contribution in [0.3, 0.4) is 0 Å². The number of rotatable bonds is 3. The van der Waals surface area contributed by atoms with Gasteiger partial charge in [-0.3, -0.25) is 4.79 Å². The van der Waals surface area contributed by atoms with Crippen molar-refractivity contribution in [2.75, 3.05) is 5.32 Å². The van der Waals surface area contributed by atoms with Gasteiger partial charge < -0.3 is 9.84 Å². The van der Waals surface area contributed by atoms with Crippen molar-refractivity contribution in [2.45, 2.75) is 6.42 Å². The van der Waals surface area contributed by atoms with E-state index >= 15 is 0 Å². The number of carbonyl (C=O) groups excluding carboxylic acids is 1. The van der Waals surface area contributed by atoms with E-state index in [0.29, 0.717) is 11.5 Å². The fourth-order valence-corrected chi connectivity index (χ4v) is 1.15. The lowest BCUT2D eigenvalue weighted by molar-refractivity contribution is -0.115. The molecule has 0 fully saturated rings. The molecule has 1 amide bonds. The normalized spacial score (nSPS) is 10.1. The number of nitrogens with one attached hydrogen (secondary N) is 1. The Bertz CT molecular complexity index is 467. The molecule has 1 heterocycles. The SMILES string of the molecule is O=C(Cc1ncon1)Nc1ccc(F)cc1. The van der Waals surface area contributed by atoms with Crippen LogP contribution in [0.5, 0.6) is 0 Å². The van der Waals surface area contributed by atoms with Gasteiger partial charge in [0.1, 0.15) is 5.82 Å². The Morgan fingerprint density at radius 3 is 2.75 bits per heavy atom. The van der Waals surface area contributed by atoms with Crippen LogP contribution in [0, 0.1) is 5.82 Å². The zero-order valence-corrected chi connectivity index (χ0v) is 8.18. The quantitative estimate of drug-likeness (QED) is 0.850. The molecule has 1 N–H and O–H groups in total. The van der Waals surface area contributed by atoms with Crippen molar-refractivity contribution in [2.24, 2.45) is 0 Å². The highest BCUT2D eigenvalue weighted by atomic mass is 19.1. The minimum atomic E-state index is -0.351. The summed E-state index contributed by atoms with van der Waals surface area (Å²) in [6.07, 6.45) is 1.17. The predicted octanol–water partition coefficient (Wildman–Crippen LogP) is 1.39. The van der Waals surface area contributed by atoms with E-state index in [9.17, 15) is 9.18 Å². The Kier molecular flexibility index (Phi) is 2.90. The zero-order chi connectivity index (χ0) is 11.4. The maximum atomic E-state index is 12.6. The first-order chi connectivity index (χ1) is 7.74. The molecule has 0 aliphatic rings. The van der Waals surface area contributed by atoms with Crippen LogP contribution in [0.1, 0.15) is 5.82 Å². The molecule has 0 saturated heterocycles. The molecule has 0 saturated carbocycles. The second-order valence-corrected chi connectivity index (χ2v) is 3.08. The van der Waals surface area contributed by atoms with Crippen molar-refractivity contribution in [1.82, 2.24) is 10.1 Å². The number of nitrogens with zero attached hydrogens (tertiary/aromatic N) is 2. The largest absolute Gasteiger partial charge is 0.343 e. The summed E-state index contributed by atoms with van der Waals surface area (Å²) in [7, 11) is 0. The number of halogens is 1. The second-order valence-electron chi connectivity index (χ2n) is 3.08. The van der Waals surface area contributed by atoms with Crippen LogP contribution in [0.25, 0.3) is 0 Å². The van der Waals surface area contributed by atoms with E-state index in [4.69, 9.17) is 0 Å². The van der Waals surface area contributed by atoms with Gasteiger partial charge in [0.05, 0.1) is 6.42 Å². The first-order valence-electron chi connectivity index (χ1n) is 4.55. The Morgan fingerprint density at radius 2 is 2.12 bits per heavy atom. The van der Waals surface area contributed by atoms with Crippen LogP contribution in [0.2, 0.25) is 0 Å². The van der Waals surface area contributed by atoms with Gasteiger partial charge in [-0.2, -0.15) is 4.98 Å². The van der Waals surface area contributed by atoms with E-state index in [-0.39, 0.29) is 18.1 Å². The van der Waals surface area contributed by atoms with Crippen LogP contribution >= 0.6 is 0 Å². The second kappa shape index (κ2) is 4.52. The summed E-state index contributed by atoms with van der Waals surface area (Å²) in [4.78, 5) is 15.2. The van der Waals surface area contributed by atoms with Gasteiger partial charge in [-0.15, -0.1) is 0 Å². The van der Waals surface area contributed by atoms with Gasteiger partial charge in [0.2, 0.25) is 12.3 Å². The van der Waals surface area contributed by atoms with Crippen LogP contribution in [0.4, 0.5) is 10.1 Å². The molecule has 6 heteroatoms. The third kappa shape index (κ3) is 2.63. The lowest BCUT2D eigenvalue weighted by atomic mass is 10.3. The van der Waals surface area contributed by atoms with Gasteiger partial charge >= 0.3 is 0 Å². The summed E-state index contributed by atoms with van der Waals surface area (Å²) in [6, 6.07) is 5.49. The van der Waals surface area contributed by atoms with Gasteiger partial charge in [0.15, 0.2) is 5.82 Å². The summed E-state index contributed by atoms with van der Waals surface area (Å²) in [5.74, 6) is -0.330. The minimum Gasteiger partial charge on any atom is -0.343 e. The average Bonchev–Trinajstić information content (AvgIpc) is 2.74. The maximum Gasteiger partial charge on any atom is 0.232 e. The molecule has 0 atom stereocenters. The highest BCUT2D eigenvalue weighted by Gasteiger charge is 2.07. The Morgan fingerprint density at radius 1 is 1.38 bits per heavy atom. The maximum absolute atomic E-state index is 12.6. The molecule has 0 radical (unpaired) electrons. The molecule has 0 spiro atoms. The molecule has 0 aliphatic carbocycles. The number of hydrogen-bond donors (Lipinski definition) is 1. The Balaban J connectivity index is 1.95. The van der Waals surface area contributed by atoms with Crippen molar-refractivity contribution < 1.29 is 13.7 Å². The topological polar surface area (TPSA) is 68.0 Å². The van der Waals surface area contributed by atoms with Crippen molar-refractivity contribution in [1.29, 1.82) is 0 Å². The highest BCUT2D eigenvalue weighted by molar-refractivity contribution is 5.91. The van der Waals surface area contributed by atoms with Crippen molar-refractivity contribution >= 4 is 11.6 Å². The predicted molar refractivity (Wildman–Crippen MR) is 53.0 cm³/mol. The molecule has 2 rings (SSSR count). The fraction of sp³-hybridized carbons (Fsp3) is 0.100. The zero-order valence-electron chi connectivity index (χ0n) is 8.18. The molecular weight excluding hydrogens is 213 g/mol. The van der Waals surface area contributed by atoms with E-state index in [2.05, 4.69) is 20.0 Å². The number of amides is 1. The third-order valence-corrected chi connectivity index (χ3v) is 1.85. The van der Waals surface area contributed by atoms with E-state index in [1.165, 1.54) is 24.3 Å². The lowest BCUT2D eigenvalue weighted by Crippen LogP contribution is -2.15. The molecule has 82 valence electrons. The van der Waals surface area contributed by atoms with Crippen molar-refractivity contribution in [3.63, 3.8) is 0 Å². The number of anilines is 1.